The Bertz CT molecular complexity index is 384. The Morgan fingerprint density at radius 2 is 1.93 bits per heavy atom. The Morgan fingerprint density at radius 3 is 2.57 bits per heavy atom. The smallest absolute Gasteiger partial charge is 0.00139 e. The van der Waals surface area contributed by atoms with Gasteiger partial charge in [0.15, 0.2) is 0 Å². The Hall–Kier alpha value is -1.30. The van der Waals surface area contributed by atoms with E-state index in [9.17, 15) is 0 Å². The third-order valence-electron chi connectivity index (χ3n) is 3.30. The topological polar surface area (TPSA) is 0 Å². The highest BCUT2D eigenvalue weighted by atomic mass is 14.3. The highest BCUT2D eigenvalue weighted by Gasteiger charge is 2.30. The van der Waals surface area contributed by atoms with Gasteiger partial charge in [0.1, 0.15) is 0 Å². The van der Waals surface area contributed by atoms with Gasteiger partial charge in [-0.25, -0.2) is 0 Å². The van der Waals surface area contributed by atoms with Gasteiger partial charge in [-0.3, -0.25) is 0 Å². The minimum Gasteiger partial charge on any atom is -0.0845 e. The summed E-state index contributed by atoms with van der Waals surface area (Å²) in [6.45, 7) is 0. The molecule has 0 spiro atoms. The number of fused-ring (bicyclic) bond motifs is 2. The summed E-state index contributed by atoms with van der Waals surface area (Å²) in [5, 5.41) is 0. The SMILES string of the molecule is C1=CC2CC1CC2=Cc1ccccc1. The molecule has 14 heavy (non-hydrogen) atoms. The Labute approximate surface area is 85.0 Å². The normalized spacial score (nSPS) is 31.6. The van der Waals surface area contributed by atoms with Crippen molar-refractivity contribution in [3.05, 3.63) is 53.6 Å². The standard InChI is InChI=1S/C14H14/c1-2-4-11(5-3-1)8-14-10-12-6-7-13(14)9-12/h1-8,12-13H,9-10H2. The monoisotopic (exact) mass is 182 g/mol. The van der Waals surface area contributed by atoms with Crippen LogP contribution in [0.5, 0.6) is 0 Å². The number of hydrogen-bond acceptors (Lipinski definition) is 0. The summed E-state index contributed by atoms with van der Waals surface area (Å²) in [7, 11) is 0. The minimum absolute atomic E-state index is 0.750. The first-order valence-corrected chi connectivity index (χ1v) is 5.36. The zero-order chi connectivity index (χ0) is 9.38. The second-order valence-electron chi connectivity index (χ2n) is 4.32. The van der Waals surface area contributed by atoms with Gasteiger partial charge in [-0.2, -0.15) is 0 Å². The maximum Gasteiger partial charge on any atom is -0.00139 e. The Morgan fingerprint density at radius 1 is 1.07 bits per heavy atom. The van der Waals surface area contributed by atoms with E-state index >= 15 is 0 Å². The van der Waals surface area contributed by atoms with Gasteiger partial charge in [-0.1, -0.05) is 54.1 Å². The molecule has 2 aliphatic carbocycles. The van der Waals surface area contributed by atoms with Crippen molar-refractivity contribution >= 4 is 6.08 Å². The largest absolute Gasteiger partial charge is 0.0845 e. The molecule has 2 aliphatic rings. The summed E-state index contributed by atoms with van der Waals surface area (Å²) < 4.78 is 0. The second-order valence-corrected chi connectivity index (χ2v) is 4.32. The minimum atomic E-state index is 0.750. The molecule has 0 saturated heterocycles. The number of hydrogen-bond donors (Lipinski definition) is 0. The summed E-state index contributed by atoms with van der Waals surface area (Å²) in [5.74, 6) is 1.59. The molecule has 70 valence electrons. The van der Waals surface area contributed by atoms with E-state index in [1.165, 1.54) is 18.4 Å². The van der Waals surface area contributed by atoms with Crippen LogP contribution in [-0.2, 0) is 0 Å². The fourth-order valence-corrected chi connectivity index (χ4v) is 2.58. The summed E-state index contributed by atoms with van der Waals surface area (Å²) in [5.41, 5.74) is 2.98. The molecule has 2 bridgehead atoms. The molecule has 1 aromatic rings. The molecule has 0 heterocycles. The lowest BCUT2D eigenvalue weighted by Gasteiger charge is -2.07. The van der Waals surface area contributed by atoms with Gasteiger partial charge >= 0.3 is 0 Å². The lowest BCUT2D eigenvalue weighted by atomic mass is 9.98. The van der Waals surface area contributed by atoms with Crippen LogP contribution >= 0.6 is 0 Å². The number of benzene rings is 1. The van der Waals surface area contributed by atoms with Gasteiger partial charge in [0, 0.05) is 0 Å². The quantitative estimate of drug-likeness (QED) is 0.581. The number of allylic oxidation sites excluding steroid dienone is 3. The first kappa shape index (κ1) is 8.05. The Balaban J connectivity index is 1.90. The van der Waals surface area contributed by atoms with E-state index in [0.717, 1.165) is 11.8 Å². The number of rotatable bonds is 1. The van der Waals surface area contributed by atoms with E-state index in [-0.39, 0.29) is 0 Å². The Kier molecular flexibility index (Phi) is 1.80. The van der Waals surface area contributed by atoms with Crippen molar-refractivity contribution in [3.8, 4) is 0 Å². The zero-order valence-corrected chi connectivity index (χ0v) is 8.19. The first-order chi connectivity index (χ1) is 6.92. The van der Waals surface area contributed by atoms with E-state index in [4.69, 9.17) is 0 Å². The molecule has 0 amide bonds. The van der Waals surface area contributed by atoms with Crippen LogP contribution in [0.25, 0.3) is 6.08 Å². The van der Waals surface area contributed by atoms with Crippen LogP contribution in [0, 0.1) is 11.8 Å². The first-order valence-electron chi connectivity index (χ1n) is 5.36. The summed E-state index contributed by atoms with van der Waals surface area (Å²) >= 11 is 0. The highest BCUT2D eigenvalue weighted by molar-refractivity contribution is 5.55. The van der Waals surface area contributed by atoms with E-state index in [2.05, 4.69) is 48.6 Å². The van der Waals surface area contributed by atoms with Gasteiger partial charge in [-0.05, 0) is 30.2 Å². The third-order valence-corrected chi connectivity index (χ3v) is 3.30. The fourth-order valence-electron chi connectivity index (χ4n) is 2.58. The van der Waals surface area contributed by atoms with Crippen LogP contribution < -0.4 is 0 Å². The van der Waals surface area contributed by atoms with Crippen molar-refractivity contribution in [1.82, 2.24) is 0 Å². The van der Waals surface area contributed by atoms with E-state index < -0.39 is 0 Å². The maximum absolute atomic E-state index is 2.38. The third kappa shape index (κ3) is 1.31. The average molecular weight is 182 g/mol. The van der Waals surface area contributed by atoms with Crippen molar-refractivity contribution in [3.63, 3.8) is 0 Å². The second kappa shape index (κ2) is 3.13. The molecule has 2 unspecified atom stereocenters. The molecule has 0 N–H and O–H groups in total. The lowest BCUT2D eigenvalue weighted by Crippen LogP contribution is -1.91. The maximum atomic E-state index is 2.38. The molecular formula is C14H14. The van der Waals surface area contributed by atoms with Gasteiger partial charge in [0.2, 0.25) is 0 Å². The summed E-state index contributed by atoms with van der Waals surface area (Å²) in [4.78, 5) is 0. The van der Waals surface area contributed by atoms with Crippen LogP contribution in [0.2, 0.25) is 0 Å². The molecule has 1 saturated carbocycles. The predicted octanol–water partition coefficient (Wildman–Crippen LogP) is 3.67. The van der Waals surface area contributed by atoms with Gasteiger partial charge in [0.05, 0.1) is 0 Å². The van der Waals surface area contributed by atoms with Crippen LogP contribution in [-0.4, -0.2) is 0 Å². The molecular weight excluding hydrogens is 168 g/mol. The van der Waals surface area contributed by atoms with Crippen LogP contribution in [0.15, 0.2) is 48.1 Å². The van der Waals surface area contributed by atoms with Gasteiger partial charge in [0.25, 0.3) is 0 Å². The van der Waals surface area contributed by atoms with Gasteiger partial charge in [-0.15, -0.1) is 0 Å². The van der Waals surface area contributed by atoms with Crippen molar-refractivity contribution in [2.75, 3.05) is 0 Å². The summed E-state index contributed by atoms with van der Waals surface area (Å²) in [6, 6.07) is 10.7. The molecule has 1 aromatic carbocycles. The zero-order valence-electron chi connectivity index (χ0n) is 8.19. The molecule has 2 atom stereocenters. The molecule has 0 aromatic heterocycles. The van der Waals surface area contributed by atoms with Crippen molar-refractivity contribution in [2.24, 2.45) is 11.8 Å². The lowest BCUT2D eigenvalue weighted by molar-refractivity contribution is 0.693. The molecule has 0 heteroatoms. The average Bonchev–Trinajstić information content (AvgIpc) is 2.81. The van der Waals surface area contributed by atoms with Crippen LogP contribution in [0.1, 0.15) is 18.4 Å². The molecule has 0 aliphatic heterocycles. The highest BCUT2D eigenvalue weighted by Crippen LogP contribution is 2.43. The van der Waals surface area contributed by atoms with Crippen LogP contribution in [0.3, 0.4) is 0 Å². The van der Waals surface area contributed by atoms with Gasteiger partial charge < -0.3 is 0 Å². The fraction of sp³-hybridized carbons (Fsp3) is 0.286. The van der Waals surface area contributed by atoms with Crippen molar-refractivity contribution < 1.29 is 0 Å². The van der Waals surface area contributed by atoms with Crippen molar-refractivity contribution in [2.45, 2.75) is 12.8 Å². The molecule has 3 rings (SSSR count). The van der Waals surface area contributed by atoms with E-state index in [0.29, 0.717) is 0 Å². The molecule has 0 radical (unpaired) electrons. The molecule has 0 nitrogen and oxygen atoms in total. The van der Waals surface area contributed by atoms with E-state index in [1.807, 2.05) is 0 Å². The molecule has 1 fully saturated rings. The van der Waals surface area contributed by atoms with E-state index in [1.54, 1.807) is 5.57 Å². The summed E-state index contributed by atoms with van der Waals surface area (Å²) in [6.07, 6.45) is 9.78. The van der Waals surface area contributed by atoms with Crippen molar-refractivity contribution in [1.29, 1.82) is 0 Å². The van der Waals surface area contributed by atoms with Crippen LogP contribution in [0.4, 0.5) is 0 Å². The predicted molar refractivity (Wildman–Crippen MR) is 59.8 cm³/mol.